The molecular weight excluding hydrogens is 140 g/mol. The fraction of sp³-hybridized carbons (Fsp3) is 0.889. The van der Waals surface area contributed by atoms with Crippen LogP contribution in [0.1, 0.15) is 32.6 Å². The van der Waals surface area contributed by atoms with Crippen molar-refractivity contribution in [2.45, 2.75) is 38.7 Å². The van der Waals surface area contributed by atoms with Crippen molar-refractivity contribution in [2.24, 2.45) is 5.92 Å². The Bertz CT molecular complexity index is 142. The van der Waals surface area contributed by atoms with Gasteiger partial charge in [-0.1, -0.05) is 6.42 Å². The average molecular weight is 156 g/mol. The lowest BCUT2D eigenvalue weighted by Crippen LogP contribution is -2.18. The molecule has 11 heavy (non-hydrogen) atoms. The molecule has 1 rings (SSSR count). The Morgan fingerprint density at radius 1 is 1.55 bits per heavy atom. The molecule has 1 fully saturated rings. The quantitative estimate of drug-likeness (QED) is 0.622. The van der Waals surface area contributed by atoms with Gasteiger partial charge >= 0.3 is 0 Å². The molecule has 2 nitrogen and oxygen atoms in total. The van der Waals surface area contributed by atoms with Crippen LogP contribution in [0.5, 0.6) is 0 Å². The first-order valence-electron chi connectivity index (χ1n) is 4.26. The van der Waals surface area contributed by atoms with Gasteiger partial charge in [-0.3, -0.25) is 0 Å². The lowest BCUT2D eigenvalue weighted by molar-refractivity contribution is -0.118. The Kier molecular flexibility index (Phi) is 3.06. The Labute approximate surface area is 67.9 Å². The van der Waals surface area contributed by atoms with E-state index in [4.69, 9.17) is 4.74 Å². The van der Waals surface area contributed by atoms with Crippen molar-refractivity contribution in [3.8, 4) is 0 Å². The Morgan fingerprint density at radius 3 is 2.82 bits per heavy atom. The van der Waals surface area contributed by atoms with E-state index in [2.05, 4.69) is 0 Å². The molecule has 0 aromatic rings. The molecule has 0 heterocycles. The first-order chi connectivity index (χ1) is 5.24. The van der Waals surface area contributed by atoms with Crippen molar-refractivity contribution in [3.63, 3.8) is 0 Å². The highest BCUT2D eigenvalue weighted by Crippen LogP contribution is 2.30. The summed E-state index contributed by atoms with van der Waals surface area (Å²) in [5.74, 6) is 0.788. The van der Waals surface area contributed by atoms with Crippen molar-refractivity contribution in [2.75, 3.05) is 7.11 Å². The Hall–Kier alpha value is -0.370. The summed E-state index contributed by atoms with van der Waals surface area (Å²) in [4.78, 5) is 10.8. The monoisotopic (exact) mass is 156 g/mol. The molecule has 0 aliphatic heterocycles. The molecule has 2 atom stereocenters. The smallest absolute Gasteiger partial charge is 0.130 e. The average Bonchev–Trinajstić information content (AvgIpc) is 2.34. The van der Waals surface area contributed by atoms with Crippen molar-refractivity contribution in [3.05, 3.63) is 0 Å². The van der Waals surface area contributed by atoms with Crippen LogP contribution in [0.3, 0.4) is 0 Å². The second kappa shape index (κ2) is 3.86. The van der Waals surface area contributed by atoms with Crippen molar-refractivity contribution in [1.82, 2.24) is 0 Å². The number of ether oxygens (including phenoxy) is 1. The van der Waals surface area contributed by atoms with Crippen LogP contribution in [0.25, 0.3) is 0 Å². The van der Waals surface area contributed by atoms with E-state index in [1.54, 1.807) is 14.0 Å². The van der Waals surface area contributed by atoms with Crippen LogP contribution >= 0.6 is 0 Å². The number of carbonyl (C=O) groups is 1. The number of carbonyl (C=O) groups excluding carboxylic acids is 1. The molecule has 1 saturated carbocycles. The highest BCUT2D eigenvalue weighted by Gasteiger charge is 2.27. The summed E-state index contributed by atoms with van der Waals surface area (Å²) in [5.41, 5.74) is 0. The number of rotatable bonds is 3. The Balaban J connectivity index is 2.37. The summed E-state index contributed by atoms with van der Waals surface area (Å²) in [6.07, 6.45) is 4.57. The lowest BCUT2D eigenvalue weighted by Gasteiger charge is -2.15. The topological polar surface area (TPSA) is 26.3 Å². The largest absolute Gasteiger partial charge is 0.381 e. The van der Waals surface area contributed by atoms with Gasteiger partial charge in [0.15, 0.2) is 0 Å². The first kappa shape index (κ1) is 8.72. The third-order valence-corrected chi connectivity index (χ3v) is 2.44. The predicted molar refractivity (Wildman–Crippen MR) is 43.4 cm³/mol. The maximum Gasteiger partial charge on any atom is 0.130 e. The van der Waals surface area contributed by atoms with E-state index in [1.165, 1.54) is 6.42 Å². The van der Waals surface area contributed by atoms with Gasteiger partial charge in [-0.05, 0) is 25.7 Å². The molecule has 0 unspecified atom stereocenters. The van der Waals surface area contributed by atoms with E-state index >= 15 is 0 Å². The molecule has 0 saturated heterocycles. The minimum absolute atomic E-state index is 0.291. The van der Waals surface area contributed by atoms with Gasteiger partial charge in [0.25, 0.3) is 0 Å². The van der Waals surface area contributed by atoms with E-state index in [9.17, 15) is 4.79 Å². The summed E-state index contributed by atoms with van der Waals surface area (Å²) >= 11 is 0. The molecular formula is C9H16O2. The standard InChI is InChI=1S/C9H16O2/c1-7(10)6-8-4-3-5-9(8)11-2/h8-9H,3-6H2,1-2H3/t8-,9+/m0/s1. The molecule has 0 amide bonds. The van der Waals surface area contributed by atoms with E-state index in [0.717, 1.165) is 12.8 Å². The van der Waals surface area contributed by atoms with Crippen LogP contribution in [0.4, 0.5) is 0 Å². The van der Waals surface area contributed by atoms with E-state index in [0.29, 0.717) is 24.2 Å². The van der Waals surface area contributed by atoms with Gasteiger partial charge in [0.1, 0.15) is 5.78 Å². The maximum absolute atomic E-state index is 10.8. The zero-order chi connectivity index (χ0) is 8.27. The van der Waals surface area contributed by atoms with Gasteiger partial charge in [0, 0.05) is 13.5 Å². The van der Waals surface area contributed by atoms with Gasteiger partial charge in [-0.15, -0.1) is 0 Å². The van der Waals surface area contributed by atoms with Gasteiger partial charge in [0.2, 0.25) is 0 Å². The molecule has 2 heteroatoms. The number of methoxy groups -OCH3 is 1. The number of Topliss-reactive ketones (excluding diaryl/α,β-unsaturated/α-hetero) is 1. The molecule has 1 aliphatic carbocycles. The van der Waals surface area contributed by atoms with Crippen LogP contribution in [-0.4, -0.2) is 19.0 Å². The number of hydrogen-bond acceptors (Lipinski definition) is 2. The second-order valence-electron chi connectivity index (χ2n) is 3.37. The molecule has 0 spiro atoms. The fourth-order valence-corrected chi connectivity index (χ4v) is 1.92. The van der Waals surface area contributed by atoms with E-state index in [-0.39, 0.29) is 0 Å². The van der Waals surface area contributed by atoms with Crippen molar-refractivity contribution >= 4 is 5.78 Å². The van der Waals surface area contributed by atoms with Crippen LogP contribution in [-0.2, 0) is 9.53 Å². The van der Waals surface area contributed by atoms with Gasteiger partial charge in [-0.25, -0.2) is 0 Å². The van der Waals surface area contributed by atoms with Crippen LogP contribution in [0, 0.1) is 5.92 Å². The maximum atomic E-state index is 10.8. The number of ketones is 1. The van der Waals surface area contributed by atoms with Gasteiger partial charge in [-0.2, -0.15) is 0 Å². The SMILES string of the molecule is CO[C@@H]1CCC[C@H]1CC(C)=O. The van der Waals surface area contributed by atoms with Crippen LogP contribution in [0.15, 0.2) is 0 Å². The van der Waals surface area contributed by atoms with Crippen molar-refractivity contribution < 1.29 is 9.53 Å². The van der Waals surface area contributed by atoms with Gasteiger partial charge < -0.3 is 9.53 Å². The molecule has 1 aliphatic rings. The summed E-state index contributed by atoms with van der Waals surface area (Å²) in [6, 6.07) is 0. The zero-order valence-corrected chi connectivity index (χ0v) is 7.30. The normalized spacial score (nSPS) is 30.7. The molecule has 0 radical (unpaired) electrons. The van der Waals surface area contributed by atoms with Crippen LogP contribution in [0.2, 0.25) is 0 Å². The minimum Gasteiger partial charge on any atom is -0.381 e. The van der Waals surface area contributed by atoms with Gasteiger partial charge in [0.05, 0.1) is 6.10 Å². The third-order valence-electron chi connectivity index (χ3n) is 2.44. The molecule has 64 valence electrons. The van der Waals surface area contributed by atoms with Crippen LogP contribution < -0.4 is 0 Å². The zero-order valence-electron chi connectivity index (χ0n) is 7.30. The third kappa shape index (κ3) is 2.29. The summed E-state index contributed by atoms with van der Waals surface area (Å²) in [5, 5.41) is 0. The number of hydrogen-bond donors (Lipinski definition) is 0. The highest BCUT2D eigenvalue weighted by atomic mass is 16.5. The first-order valence-corrected chi connectivity index (χ1v) is 4.26. The second-order valence-corrected chi connectivity index (χ2v) is 3.37. The van der Waals surface area contributed by atoms with E-state index in [1.807, 2.05) is 0 Å². The lowest BCUT2D eigenvalue weighted by atomic mass is 9.99. The predicted octanol–water partition coefficient (Wildman–Crippen LogP) is 1.78. The highest BCUT2D eigenvalue weighted by molar-refractivity contribution is 5.75. The van der Waals surface area contributed by atoms with Crippen molar-refractivity contribution in [1.29, 1.82) is 0 Å². The molecule has 0 bridgehead atoms. The minimum atomic E-state index is 0.291. The summed E-state index contributed by atoms with van der Waals surface area (Å²) < 4.78 is 5.27. The summed E-state index contributed by atoms with van der Waals surface area (Å²) in [6.45, 7) is 1.66. The molecule has 0 aromatic carbocycles. The Morgan fingerprint density at radius 2 is 2.27 bits per heavy atom. The van der Waals surface area contributed by atoms with E-state index < -0.39 is 0 Å². The molecule has 0 aromatic heterocycles. The molecule has 0 N–H and O–H groups in total. The fourth-order valence-electron chi connectivity index (χ4n) is 1.92. The summed E-state index contributed by atoms with van der Waals surface area (Å²) in [7, 11) is 1.74.